The van der Waals surface area contributed by atoms with Crippen molar-refractivity contribution >= 4 is 11.1 Å². The Balaban J connectivity index is 1.52. The SMILES string of the molecule is N#CC(C#N)=C1c2cc(OC(C(F)(F)F)C(F)(F)F)ccc2-c2cc3c(cc21)C(=C(C#N)C#N)c1cc(C2CCC2C(C(F)(F)F)C(F)(F)F)ccc1-3. The highest BCUT2D eigenvalue weighted by molar-refractivity contribution is 6.11. The quantitative estimate of drug-likeness (QED) is 0.134. The number of halogens is 12. The van der Waals surface area contributed by atoms with Crippen molar-refractivity contribution in [2.45, 2.75) is 49.6 Å². The molecule has 0 bridgehead atoms. The Morgan fingerprint density at radius 1 is 0.528 bits per heavy atom. The third kappa shape index (κ3) is 6.10. The van der Waals surface area contributed by atoms with E-state index in [1.165, 1.54) is 30.3 Å². The maximum atomic E-state index is 13.6. The molecule has 270 valence electrons. The van der Waals surface area contributed by atoms with Gasteiger partial charge in [-0.15, -0.1) is 0 Å². The van der Waals surface area contributed by atoms with Gasteiger partial charge in [-0.1, -0.05) is 24.3 Å². The number of ether oxygens (including phenoxy) is 1. The van der Waals surface area contributed by atoms with Crippen LogP contribution in [0.15, 0.2) is 59.7 Å². The molecule has 1 saturated carbocycles. The monoisotopic (exact) mass is 748 g/mol. The number of rotatable bonds is 4. The Bertz CT molecular complexity index is 2240. The maximum Gasteiger partial charge on any atom is 0.434 e. The standard InChI is InChI=1S/C36H16F12N4O/c37-33(38,39)31(34(40,41)42)22-6-5-19(22)15-1-3-20-23-9-24-21-4-2-18(53-32(35(43,44)45)36(46,47)48)8-26(21)30(17(13-51)14-52)28(24)10-27(23)29(25(20)7-15)16(11-49)12-50/h1-4,7-10,19,22,31-32H,5-6H2. The number of alkyl halides is 12. The van der Waals surface area contributed by atoms with Crippen LogP contribution in [0.2, 0.25) is 0 Å². The van der Waals surface area contributed by atoms with Crippen LogP contribution in [0, 0.1) is 57.2 Å². The van der Waals surface area contributed by atoms with Crippen LogP contribution in [-0.2, 0) is 0 Å². The predicted octanol–water partition coefficient (Wildman–Crippen LogP) is 10.5. The Morgan fingerprint density at radius 3 is 1.38 bits per heavy atom. The zero-order valence-corrected chi connectivity index (χ0v) is 26.1. The zero-order chi connectivity index (χ0) is 39.0. The molecule has 6 rings (SSSR count). The Hall–Kier alpha value is -5.94. The molecule has 0 spiro atoms. The summed E-state index contributed by atoms with van der Waals surface area (Å²) in [6, 6.07) is 16.3. The minimum atomic E-state index is -5.86. The molecule has 0 saturated heterocycles. The highest BCUT2D eigenvalue weighted by atomic mass is 19.4. The highest BCUT2D eigenvalue weighted by Gasteiger charge is 2.63. The Morgan fingerprint density at radius 2 is 0.962 bits per heavy atom. The van der Waals surface area contributed by atoms with Gasteiger partial charge in [0.2, 0.25) is 0 Å². The summed E-state index contributed by atoms with van der Waals surface area (Å²) in [6.45, 7) is 0. The first-order valence-corrected chi connectivity index (χ1v) is 15.2. The molecule has 0 heterocycles. The molecule has 3 aromatic rings. The van der Waals surface area contributed by atoms with E-state index in [1.807, 2.05) is 0 Å². The van der Waals surface area contributed by atoms with Gasteiger partial charge in [0.25, 0.3) is 6.10 Å². The van der Waals surface area contributed by atoms with Crippen molar-refractivity contribution in [2.75, 3.05) is 0 Å². The van der Waals surface area contributed by atoms with Crippen molar-refractivity contribution in [1.29, 1.82) is 21.0 Å². The van der Waals surface area contributed by atoms with Crippen LogP contribution in [0.5, 0.6) is 5.75 Å². The fourth-order valence-corrected chi connectivity index (χ4v) is 7.30. The van der Waals surface area contributed by atoms with E-state index in [9.17, 15) is 73.7 Å². The topological polar surface area (TPSA) is 104 Å². The van der Waals surface area contributed by atoms with E-state index in [1.54, 1.807) is 24.3 Å². The molecule has 17 heteroatoms. The highest BCUT2D eigenvalue weighted by Crippen LogP contribution is 2.58. The van der Waals surface area contributed by atoms with E-state index in [2.05, 4.69) is 4.74 Å². The third-order valence-corrected chi connectivity index (χ3v) is 9.54. The van der Waals surface area contributed by atoms with Gasteiger partial charge in [-0.2, -0.15) is 73.7 Å². The maximum absolute atomic E-state index is 13.6. The molecule has 5 nitrogen and oxygen atoms in total. The van der Waals surface area contributed by atoms with Gasteiger partial charge in [0, 0.05) is 11.1 Å². The molecule has 1 fully saturated rings. The van der Waals surface area contributed by atoms with E-state index in [4.69, 9.17) is 0 Å². The summed E-state index contributed by atoms with van der Waals surface area (Å²) in [7, 11) is 0. The van der Waals surface area contributed by atoms with Crippen LogP contribution in [0.3, 0.4) is 0 Å². The van der Waals surface area contributed by atoms with Crippen molar-refractivity contribution < 1.29 is 57.4 Å². The van der Waals surface area contributed by atoms with E-state index in [0.29, 0.717) is 5.56 Å². The second-order valence-corrected chi connectivity index (χ2v) is 12.4. The van der Waals surface area contributed by atoms with Gasteiger partial charge >= 0.3 is 24.7 Å². The summed E-state index contributed by atoms with van der Waals surface area (Å²) in [5, 5.41) is 39.4. The first-order valence-electron chi connectivity index (χ1n) is 15.2. The fourth-order valence-electron chi connectivity index (χ4n) is 7.30. The molecule has 0 aromatic heterocycles. The molecule has 53 heavy (non-hydrogen) atoms. The average Bonchev–Trinajstić information content (AvgIpc) is 3.51. The van der Waals surface area contributed by atoms with Crippen molar-refractivity contribution in [3.63, 3.8) is 0 Å². The number of hydrogen-bond acceptors (Lipinski definition) is 5. The molecule has 0 aliphatic heterocycles. The van der Waals surface area contributed by atoms with Gasteiger partial charge in [0.05, 0.1) is 0 Å². The summed E-state index contributed by atoms with van der Waals surface area (Å²) in [5.41, 5.74) is -0.247. The van der Waals surface area contributed by atoms with E-state index in [-0.39, 0.29) is 68.5 Å². The number of fused-ring (bicyclic) bond motifs is 6. The van der Waals surface area contributed by atoms with Crippen molar-refractivity contribution in [1.82, 2.24) is 0 Å². The van der Waals surface area contributed by atoms with Crippen LogP contribution in [0.25, 0.3) is 33.4 Å². The molecular formula is C36H16F12N4O. The average molecular weight is 749 g/mol. The summed E-state index contributed by atoms with van der Waals surface area (Å²) in [5.74, 6) is -7.52. The van der Waals surface area contributed by atoms with E-state index in [0.717, 1.165) is 18.2 Å². The summed E-state index contributed by atoms with van der Waals surface area (Å²) < 4.78 is 166. The summed E-state index contributed by atoms with van der Waals surface area (Å²) >= 11 is 0. The lowest BCUT2D eigenvalue weighted by Gasteiger charge is -2.43. The minimum absolute atomic E-state index is 0.00973. The summed E-state index contributed by atoms with van der Waals surface area (Å²) in [4.78, 5) is 0. The van der Waals surface area contributed by atoms with Crippen molar-refractivity contribution in [3.8, 4) is 52.3 Å². The minimum Gasteiger partial charge on any atom is -0.471 e. The lowest BCUT2D eigenvalue weighted by molar-refractivity contribution is -0.307. The van der Waals surface area contributed by atoms with E-state index >= 15 is 0 Å². The predicted molar refractivity (Wildman–Crippen MR) is 159 cm³/mol. The molecule has 0 radical (unpaired) electrons. The van der Waals surface area contributed by atoms with Crippen molar-refractivity contribution in [2.24, 2.45) is 11.8 Å². The zero-order valence-electron chi connectivity index (χ0n) is 26.1. The number of nitriles is 4. The number of benzene rings is 3. The normalized spacial score (nSPS) is 17.5. The lowest BCUT2D eigenvalue weighted by atomic mass is 9.63. The lowest BCUT2D eigenvalue weighted by Crippen LogP contribution is -2.47. The van der Waals surface area contributed by atoms with Gasteiger partial charge in [0.1, 0.15) is 41.2 Å². The molecular weight excluding hydrogens is 732 g/mol. The second-order valence-electron chi connectivity index (χ2n) is 12.4. The van der Waals surface area contributed by atoms with Gasteiger partial charge < -0.3 is 4.74 Å². The molecule has 3 aromatic carbocycles. The molecule has 2 atom stereocenters. The smallest absolute Gasteiger partial charge is 0.434 e. The van der Waals surface area contributed by atoms with Crippen molar-refractivity contribution in [3.05, 3.63) is 87.5 Å². The first kappa shape index (κ1) is 36.8. The second kappa shape index (κ2) is 12.3. The number of nitrogens with zero attached hydrogens (tertiary/aromatic N) is 4. The van der Waals surface area contributed by atoms with Gasteiger partial charge in [-0.3, -0.25) is 0 Å². The summed E-state index contributed by atoms with van der Waals surface area (Å²) in [6.07, 6.45) is -27.5. The van der Waals surface area contributed by atoms with Crippen LogP contribution in [0.4, 0.5) is 52.7 Å². The van der Waals surface area contributed by atoms with E-state index < -0.39 is 65.5 Å². The molecule has 0 N–H and O–H groups in total. The van der Waals surface area contributed by atoms with Crippen LogP contribution < -0.4 is 4.74 Å². The molecule has 3 aliphatic carbocycles. The number of hydrogen-bond donors (Lipinski definition) is 0. The van der Waals surface area contributed by atoms with Crippen LogP contribution >= 0.6 is 0 Å². The first-order chi connectivity index (χ1) is 24.6. The van der Waals surface area contributed by atoms with Gasteiger partial charge in [0.15, 0.2) is 5.92 Å². The Labute approximate surface area is 290 Å². The number of allylic oxidation sites excluding steroid dienone is 2. The Kier molecular flexibility index (Phi) is 8.58. The van der Waals surface area contributed by atoms with Gasteiger partial charge in [-0.25, -0.2) is 0 Å². The molecule has 2 unspecified atom stereocenters. The fraction of sp³-hybridized carbons (Fsp3) is 0.278. The van der Waals surface area contributed by atoms with Gasteiger partial charge in [-0.05, 0) is 99.0 Å². The van der Waals surface area contributed by atoms with Crippen LogP contribution in [0.1, 0.15) is 46.6 Å². The molecule has 3 aliphatic rings. The largest absolute Gasteiger partial charge is 0.471 e. The third-order valence-electron chi connectivity index (χ3n) is 9.54. The van der Waals surface area contributed by atoms with Crippen LogP contribution in [-0.4, -0.2) is 30.8 Å². The molecule has 0 amide bonds.